The van der Waals surface area contributed by atoms with Crippen molar-refractivity contribution in [1.82, 2.24) is 9.59 Å². The predicted molar refractivity (Wildman–Crippen MR) is 89.2 cm³/mol. The summed E-state index contributed by atoms with van der Waals surface area (Å²) in [5, 5.41) is 6.46. The second-order valence-electron chi connectivity index (χ2n) is 5.08. The zero-order valence-corrected chi connectivity index (χ0v) is 14.3. The number of carbonyl (C=O) groups is 3. The largest absolute Gasteiger partial charge is 0.448 e. The normalized spacial score (nSPS) is 11.6. The first-order chi connectivity index (χ1) is 11.4. The van der Waals surface area contributed by atoms with Crippen LogP contribution >= 0.6 is 11.5 Å². The molecule has 24 heavy (non-hydrogen) atoms. The average molecular weight is 347 g/mol. The van der Waals surface area contributed by atoms with Crippen LogP contribution in [-0.4, -0.2) is 33.4 Å². The van der Waals surface area contributed by atoms with Gasteiger partial charge in [0.05, 0.1) is 5.69 Å². The Bertz CT molecular complexity index is 772. The highest BCUT2D eigenvalue weighted by Crippen LogP contribution is 2.15. The van der Waals surface area contributed by atoms with Crippen molar-refractivity contribution in [1.29, 1.82) is 0 Å². The van der Waals surface area contributed by atoms with E-state index in [1.165, 1.54) is 13.8 Å². The van der Waals surface area contributed by atoms with Crippen molar-refractivity contribution >= 4 is 34.9 Å². The van der Waals surface area contributed by atoms with Crippen molar-refractivity contribution in [2.45, 2.75) is 33.3 Å². The second-order valence-corrected chi connectivity index (χ2v) is 5.83. The van der Waals surface area contributed by atoms with Crippen molar-refractivity contribution in [3.63, 3.8) is 0 Å². The molecule has 0 aliphatic rings. The van der Waals surface area contributed by atoms with E-state index in [4.69, 9.17) is 4.74 Å². The van der Waals surface area contributed by atoms with E-state index in [0.29, 0.717) is 28.2 Å². The number of amides is 1. The molecule has 1 atom stereocenters. The molecule has 7 nitrogen and oxygen atoms in total. The Morgan fingerprint density at radius 3 is 2.75 bits per heavy atom. The van der Waals surface area contributed by atoms with Gasteiger partial charge in [0.15, 0.2) is 16.8 Å². The van der Waals surface area contributed by atoms with Crippen molar-refractivity contribution < 1.29 is 19.1 Å². The van der Waals surface area contributed by atoms with E-state index in [0.717, 1.165) is 11.5 Å². The number of ether oxygens (including phenoxy) is 1. The number of anilines is 1. The molecule has 0 saturated heterocycles. The summed E-state index contributed by atoms with van der Waals surface area (Å²) in [7, 11) is 0. The number of hydrogen-bond donors (Lipinski definition) is 1. The smallest absolute Gasteiger partial charge is 0.352 e. The Labute approximate surface area is 143 Å². The van der Waals surface area contributed by atoms with Gasteiger partial charge in [-0.3, -0.25) is 9.59 Å². The summed E-state index contributed by atoms with van der Waals surface area (Å²) in [5.74, 6) is -1.21. The number of aryl methyl sites for hydroxylation is 1. The van der Waals surface area contributed by atoms with Gasteiger partial charge in [0.25, 0.3) is 5.91 Å². The summed E-state index contributed by atoms with van der Waals surface area (Å²) in [4.78, 5) is 35.9. The molecule has 2 aromatic rings. The predicted octanol–water partition coefficient (Wildman–Crippen LogP) is 2.49. The van der Waals surface area contributed by atoms with Gasteiger partial charge in [-0.15, -0.1) is 5.10 Å². The van der Waals surface area contributed by atoms with Gasteiger partial charge in [0.2, 0.25) is 0 Å². The SMILES string of the molecule is CCc1nnsc1C(=O)O[C@@H](C)C(=O)Nc1cccc(C(C)=O)c1. The molecule has 0 bridgehead atoms. The topological polar surface area (TPSA) is 98.2 Å². The van der Waals surface area contributed by atoms with Crippen LogP contribution in [0.1, 0.15) is 46.5 Å². The van der Waals surface area contributed by atoms with Crippen molar-refractivity contribution in [2.24, 2.45) is 0 Å². The fraction of sp³-hybridized carbons (Fsp3) is 0.312. The van der Waals surface area contributed by atoms with E-state index in [9.17, 15) is 14.4 Å². The molecule has 0 spiro atoms. The van der Waals surface area contributed by atoms with Crippen molar-refractivity contribution in [3.05, 3.63) is 40.4 Å². The van der Waals surface area contributed by atoms with E-state index in [1.807, 2.05) is 6.92 Å². The van der Waals surface area contributed by atoms with Gasteiger partial charge in [0.1, 0.15) is 0 Å². The molecule has 0 unspecified atom stereocenters. The van der Waals surface area contributed by atoms with E-state index in [-0.39, 0.29) is 5.78 Å². The Hall–Kier alpha value is -2.61. The Morgan fingerprint density at radius 1 is 1.33 bits per heavy atom. The molecule has 0 aliphatic carbocycles. The first kappa shape index (κ1) is 17.7. The highest BCUT2D eigenvalue weighted by Gasteiger charge is 2.23. The molecule has 1 aromatic heterocycles. The van der Waals surface area contributed by atoms with Crippen LogP contribution in [0.15, 0.2) is 24.3 Å². The van der Waals surface area contributed by atoms with Crippen LogP contribution in [0.5, 0.6) is 0 Å². The average Bonchev–Trinajstić information content (AvgIpc) is 3.03. The van der Waals surface area contributed by atoms with E-state index >= 15 is 0 Å². The third-order valence-electron chi connectivity index (χ3n) is 3.27. The fourth-order valence-corrected chi connectivity index (χ4v) is 2.56. The lowest BCUT2D eigenvalue weighted by Gasteiger charge is -2.13. The minimum atomic E-state index is -0.995. The first-order valence-electron chi connectivity index (χ1n) is 7.36. The molecule has 2 rings (SSSR count). The number of carbonyl (C=O) groups excluding carboxylic acids is 3. The quantitative estimate of drug-likeness (QED) is 0.637. The summed E-state index contributed by atoms with van der Waals surface area (Å²) in [5.41, 5.74) is 1.50. The van der Waals surface area contributed by atoms with Crippen LogP contribution in [0.3, 0.4) is 0 Å². The number of nitrogens with zero attached hydrogens (tertiary/aromatic N) is 2. The molecule has 0 radical (unpaired) electrons. The number of benzene rings is 1. The molecular formula is C16H17N3O4S. The molecule has 1 aromatic carbocycles. The molecule has 1 N–H and O–H groups in total. The summed E-state index contributed by atoms with van der Waals surface area (Å²) >= 11 is 0.940. The number of nitrogens with one attached hydrogen (secondary N) is 1. The van der Waals surface area contributed by atoms with Crippen LogP contribution in [0.4, 0.5) is 5.69 Å². The monoisotopic (exact) mass is 347 g/mol. The molecule has 8 heteroatoms. The van der Waals surface area contributed by atoms with Crippen LogP contribution in [0.25, 0.3) is 0 Å². The molecule has 126 valence electrons. The summed E-state index contributed by atoms with van der Waals surface area (Å²) in [6.07, 6.45) is -0.440. The van der Waals surface area contributed by atoms with Gasteiger partial charge in [-0.1, -0.05) is 23.5 Å². The van der Waals surface area contributed by atoms with E-state index < -0.39 is 18.0 Å². The standard InChI is InChI=1S/C16H17N3O4S/c1-4-13-14(24-19-18-13)16(22)23-10(3)15(21)17-12-7-5-6-11(8-12)9(2)20/h5-8,10H,4H2,1-3H3,(H,17,21)/t10-/m0/s1. The lowest BCUT2D eigenvalue weighted by molar-refractivity contribution is -0.123. The molecule has 0 aliphatic heterocycles. The number of aromatic nitrogens is 2. The first-order valence-corrected chi connectivity index (χ1v) is 8.13. The number of esters is 1. The van der Waals surface area contributed by atoms with Crippen LogP contribution < -0.4 is 5.32 Å². The minimum absolute atomic E-state index is 0.102. The van der Waals surface area contributed by atoms with Crippen LogP contribution in [0.2, 0.25) is 0 Å². The summed E-state index contributed by atoms with van der Waals surface area (Å²) < 4.78 is 8.88. The van der Waals surface area contributed by atoms with Crippen molar-refractivity contribution in [3.8, 4) is 0 Å². The highest BCUT2D eigenvalue weighted by atomic mass is 32.1. The molecule has 0 fully saturated rings. The molecule has 0 saturated carbocycles. The zero-order valence-electron chi connectivity index (χ0n) is 13.5. The highest BCUT2D eigenvalue weighted by molar-refractivity contribution is 7.07. The Balaban J connectivity index is 2.01. The summed E-state index contributed by atoms with van der Waals surface area (Å²) in [6, 6.07) is 6.54. The van der Waals surface area contributed by atoms with Gasteiger partial charge < -0.3 is 10.1 Å². The Kier molecular flexibility index (Phi) is 5.75. The van der Waals surface area contributed by atoms with Crippen LogP contribution in [0, 0.1) is 0 Å². The minimum Gasteiger partial charge on any atom is -0.448 e. The van der Waals surface area contributed by atoms with Gasteiger partial charge in [-0.05, 0) is 43.9 Å². The van der Waals surface area contributed by atoms with E-state index in [1.54, 1.807) is 24.3 Å². The third kappa shape index (κ3) is 4.23. The maximum atomic E-state index is 12.2. The maximum absolute atomic E-state index is 12.2. The maximum Gasteiger partial charge on any atom is 0.352 e. The number of ketones is 1. The number of hydrogen-bond acceptors (Lipinski definition) is 7. The lowest BCUT2D eigenvalue weighted by Crippen LogP contribution is -2.30. The van der Waals surface area contributed by atoms with Crippen LogP contribution in [-0.2, 0) is 16.0 Å². The third-order valence-corrected chi connectivity index (χ3v) is 4.01. The molecular weight excluding hydrogens is 330 g/mol. The second kappa shape index (κ2) is 7.78. The number of Topliss-reactive ketones (excluding diaryl/α,β-unsaturated/α-hetero) is 1. The number of rotatable bonds is 6. The van der Waals surface area contributed by atoms with Crippen molar-refractivity contribution in [2.75, 3.05) is 5.32 Å². The molecule has 1 heterocycles. The summed E-state index contributed by atoms with van der Waals surface area (Å²) in [6.45, 7) is 4.77. The van der Waals surface area contributed by atoms with Gasteiger partial charge in [-0.2, -0.15) is 0 Å². The van der Waals surface area contributed by atoms with Gasteiger partial charge in [0, 0.05) is 11.3 Å². The molecule has 1 amide bonds. The van der Waals surface area contributed by atoms with Gasteiger partial charge in [-0.25, -0.2) is 4.79 Å². The lowest BCUT2D eigenvalue weighted by atomic mass is 10.1. The Morgan fingerprint density at radius 2 is 2.08 bits per heavy atom. The van der Waals surface area contributed by atoms with E-state index in [2.05, 4.69) is 14.9 Å². The van der Waals surface area contributed by atoms with Gasteiger partial charge >= 0.3 is 5.97 Å². The zero-order chi connectivity index (χ0) is 17.7. The fourth-order valence-electron chi connectivity index (χ4n) is 1.92.